The Morgan fingerprint density at radius 1 is 0.929 bits per heavy atom. The minimum atomic E-state index is -0.307. The summed E-state index contributed by atoms with van der Waals surface area (Å²) >= 11 is 5.18. The third-order valence-electron chi connectivity index (χ3n) is 4.50. The minimum Gasteiger partial charge on any atom is -0.339 e. The van der Waals surface area contributed by atoms with Crippen molar-refractivity contribution in [3.63, 3.8) is 0 Å². The van der Waals surface area contributed by atoms with E-state index in [2.05, 4.69) is 10.6 Å². The molecule has 2 aromatic carbocycles. The first-order valence-corrected chi connectivity index (χ1v) is 9.77. The second kappa shape index (κ2) is 9.80. The molecule has 2 aromatic rings. The van der Waals surface area contributed by atoms with Gasteiger partial charge < -0.3 is 10.2 Å². The van der Waals surface area contributed by atoms with Crippen LogP contribution in [0, 0.1) is 0 Å². The molecule has 0 bridgehead atoms. The second-order valence-corrected chi connectivity index (χ2v) is 7.03. The van der Waals surface area contributed by atoms with Crippen LogP contribution in [-0.4, -0.2) is 34.9 Å². The summed E-state index contributed by atoms with van der Waals surface area (Å²) in [5, 5.41) is 5.77. The summed E-state index contributed by atoms with van der Waals surface area (Å²) in [4.78, 5) is 26.3. The minimum absolute atomic E-state index is 0.0631. The fraction of sp³-hybridized carbons (Fsp3) is 0.227. The average molecular weight is 394 g/mol. The number of hydrogen-bond acceptors (Lipinski definition) is 3. The van der Waals surface area contributed by atoms with E-state index >= 15 is 0 Å². The Hall–Kier alpha value is -2.99. The number of carbonyl (C=O) groups excluding carboxylic acids is 2. The van der Waals surface area contributed by atoms with Crippen molar-refractivity contribution in [3.8, 4) is 0 Å². The van der Waals surface area contributed by atoms with Crippen LogP contribution in [0.15, 0.2) is 60.7 Å². The molecule has 1 saturated heterocycles. The normalized spacial score (nSPS) is 13.9. The molecular weight excluding hydrogens is 370 g/mol. The zero-order valence-electron chi connectivity index (χ0n) is 15.6. The van der Waals surface area contributed by atoms with E-state index in [1.165, 1.54) is 12.5 Å². The molecule has 0 spiro atoms. The van der Waals surface area contributed by atoms with Crippen LogP contribution in [-0.2, 0) is 4.79 Å². The van der Waals surface area contributed by atoms with E-state index in [1.807, 2.05) is 35.2 Å². The first-order valence-electron chi connectivity index (χ1n) is 9.36. The zero-order valence-corrected chi connectivity index (χ0v) is 16.4. The van der Waals surface area contributed by atoms with Crippen LogP contribution in [0.2, 0.25) is 0 Å². The number of carbonyl (C=O) groups is 2. The molecular formula is C22H23N3O2S. The Labute approximate surface area is 170 Å². The molecule has 6 heteroatoms. The molecule has 1 heterocycles. The molecule has 3 rings (SSSR count). The third kappa shape index (κ3) is 5.76. The first-order chi connectivity index (χ1) is 13.6. The van der Waals surface area contributed by atoms with Gasteiger partial charge in [0.25, 0.3) is 5.91 Å². The van der Waals surface area contributed by atoms with Gasteiger partial charge in [0.2, 0.25) is 5.91 Å². The van der Waals surface area contributed by atoms with Gasteiger partial charge in [0.15, 0.2) is 5.11 Å². The molecule has 1 aliphatic heterocycles. The van der Waals surface area contributed by atoms with Gasteiger partial charge in [0.05, 0.1) is 0 Å². The highest BCUT2D eigenvalue weighted by atomic mass is 32.1. The molecule has 0 aliphatic carbocycles. The van der Waals surface area contributed by atoms with Crippen LogP contribution < -0.4 is 10.6 Å². The van der Waals surface area contributed by atoms with Crippen molar-refractivity contribution >= 4 is 40.9 Å². The third-order valence-corrected chi connectivity index (χ3v) is 4.70. The summed E-state index contributed by atoms with van der Waals surface area (Å²) in [5.74, 6) is -0.244. The van der Waals surface area contributed by atoms with E-state index in [4.69, 9.17) is 12.2 Å². The Balaban J connectivity index is 1.50. The number of nitrogens with zero attached hydrogens (tertiary/aromatic N) is 1. The number of piperidine rings is 1. The second-order valence-electron chi connectivity index (χ2n) is 6.62. The average Bonchev–Trinajstić information content (AvgIpc) is 2.73. The molecule has 0 aromatic heterocycles. The Morgan fingerprint density at radius 3 is 2.29 bits per heavy atom. The molecule has 0 atom stereocenters. The molecule has 0 saturated carbocycles. The highest BCUT2D eigenvalue weighted by molar-refractivity contribution is 7.80. The lowest BCUT2D eigenvalue weighted by atomic mass is 10.1. The number of rotatable bonds is 4. The van der Waals surface area contributed by atoms with Crippen molar-refractivity contribution in [3.05, 3.63) is 71.8 Å². The summed E-state index contributed by atoms with van der Waals surface area (Å²) in [5.41, 5.74) is 2.31. The van der Waals surface area contributed by atoms with E-state index in [9.17, 15) is 9.59 Å². The van der Waals surface area contributed by atoms with E-state index in [0.717, 1.165) is 31.5 Å². The Morgan fingerprint density at radius 2 is 1.61 bits per heavy atom. The standard InChI is InChI=1S/C22H23N3O2S/c26-20(14-9-17-7-3-1-4-8-17)24-22(28)23-19-12-10-18(11-13-19)21(27)25-15-5-2-6-16-25/h1,3-4,7-14H,2,5-6,15-16H2,(H2,23,24,26,28)/b14-9+. The summed E-state index contributed by atoms with van der Waals surface area (Å²) in [6.45, 7) is 1.65. The molecule has 2 N–H and O–H groups in total. The molecule has 0 radical (unpaired) electrons. The van der Waals surface area contributed by atoms with E-state index in [-0.39, 0.29) is 16.9 Å². The lowest BCUT2D eigenvalue weighted by Gasteiger charge is -2.26. The van der Waals surface area contributed by atoms with Crippen molar-refractivity contribution in [2.24, 2.45) is 0 Å². The van der Waals surface area contributed by atoms with Gasteiger partial charge in [-0.1, -0.05) is 30.3 Å². The van der Waals surface area contributed by atoms with Gasteiger partial charge in [0, 0.05) is 30.4 Å². The number of nitrogens with one attached hydrogen (secondary N) is 2. The fourth-order valence-corrected chi connectivity index (χ4v) is 3.25. The summed E-state index contributed by atoms with van der Waals surface area (Å²) in [6.07, 6.45) is 6.48. The van der Waals surface area contributed by atoms with Gasteiger partial charge in [-0.05, 0) is 67.4 Å². The number of anilines is 1. The smallest absolute Gasteiger partial charge is 0.253 e. The fourth-order valence-electron chi connectivity index (χ4n) is 3.03. The maximum Gasteiger partial charge on any atom is 0.253 e. The van der Waals surface area contributed by atoms with Crippen LogP contribution in [0.5, 0.6) is 0 Å². The van der Waals surface area contributed by atoms with E-state index in [0.29, 0.717) is 11.3 Å². The van der Waals surface area contributed by atoms with Gasteiger partial charge in [-0.15, -0.1) is 0 Å². The zero-order chi connectivity index (χ0) is 19.8. The number of likely N-dealkylation sites (tertiary alicyclic amines) is 1. The van der Waals surface area contributed by atoms with Crippen molar-refractivity contribution < 1.29 is 9.59 Å². The SMILES string of the molecule is O=C(/C=C/c1ccccc1)NC(=S)Nc1ccc(C(=O)N2CCCCC2)cc1. The maximum absolute atomic E-state index is 12.5. The molecule has 0 unspecified atom stereocenters. The van der Waals surface area contributed by atoms with Gasteiger partial charge in [-0.3, -0.25) is 14.9 Å². The lowest BCUT2D eigenvalue weighted by Crippen LogP contribution is -2.35. The van der Waals surface area contributed by atoms with Gasteiger partial charge in [-0.25, -0.2) is 0 Å². The summed E-state index contributed by atoms with van der Waals surface area (Å²) < 4.78 is 0. The molecule has 1 aliphatic rings. The van der Waals surface area contributed by atoms with Crippen LogP contribution in [0.4, 0.5) is 5.69 Å². The van der Waals surface area contributed by atoms with Crippen molar-refractivity contribution in [2.45, 2.75) is 19.3 Å². The number of thiocarbonyl (C=S) groups is 1. The van der Waals surface area contributed by atoms with Crippen LogP contribution in [0.3, 0.4) is 0 Å². The number of benzene rings is 2. The quantitative estimate of drug-likeness (QED) is 0.612. The highest BCUT2D eigenvalue weighted by Gasteiger charge is 2.17. The Kier molecular flexibility index (Phi) is 6.92. The van der Waals surface area contributed by atoms with Crippen molar-refractivity contribution in [1.82, 2.24) is 10.2 Å². The molecule has 1 fully saturated rings. The largest absolute Gasteiger partial charge is 0.339 e. The lowest BCUT2D eigenvalue weighted by molar-refractivity contribution is -0.115. The monoisotopic (exact) mass is 393 g/mol. The predicted molar refractivity (Wildman–Crippen MR) is 116 cm³/mol. The molecule has 28 heavy (non-hydrogen) atoms. The van der Waals surface area contributed by atoms with Gasteiger partial charge >= 0.3 is 0 Å². The topological polar surface area (TPSA) is 61.4 Å². The molecule has 5 nitrogen and oxygen atoms in total. The summed E-state index contributed by atoms with van der Waals surface area (Å²) in [7, 11) is 0. The number of amides is 2. The van der Waals surface area contributed by atoms with E-state index in [1.54, 1.807) is 30.3 Å². The van der Waals surface area contributed by atoms with Crippen molar-refractivity contribution in [1.29, 1.82) is 0 Å². The first kappa shape index (κ1) is 19.8. The molecule has 2 amide bonds. The highest BCUT2D eigenvalue weighted by Crippen LogP contribution is 2.15. The maximum atomic E-state index is 12.5. The van der Waals surface area contributed by atoms with E-state index < -0.39 is 0 Å². The number of hydrogen-bond donors (Lipinski definition) is 2. The summed E-state index contributed by atoms with van der Waals surface area (Å²) in [6, 6.07) is 16.7. The van der Waals surface area contributed by atoms with Crippen LogP contribution >= 0.6 is 12.2 Å². The predicted octanol–water partition coefficient (Wildman–Crippen LogP) is 3.84. The van der Waals surface area contributed by atoms with Crippen LogP contribution in [0.25, 0.3) is 6.08 Å². The Bertz CT molecular complexity index is 857. The van der Waals surface area contributed by atoms with Gasteiger partial charge in [0.1, 0.15) is 0 Å². The van der Waals surface area contributed by atoms with Crippen LogP contribution in [0.1, 0.15) is 35.2 Å². The van der Waals surface area contributed by atoms with Crippen molar-refractivity contribution in [2.75, 3.05) is 18.4 Å². The van der Waals surface area contributed by atoms with Gasteiger partial charge in [-0.2, -0.15) is 0 Å². The molecule has 144 valence electrons.